The Hall–Kier alpha value is -4.15. The highest BCUT2D eigenvalue weighted by molar-refractivity contribution is 6.35. The second-order valence-corrected chi connectivity index (χ2v) is 12.0. The number of rotatable bonds is 9. The minimum Gasteiger partial charge on any atom is -0.394 e. The summed E-state index contributed by atoms with van der Waals surface area (Å²) in [7, 11) is 0. The maximum Gasteiger partial charge on any atom is 0.212 e. The molecule has 236 valence electrons. The molecule has 5 atom stereocenters. The molecule has 0 bridgehead atoms. The van der Waals surface area contributed by atoms with Crippen molar-refractivity contribution in [3.63, 3.8) is 0 Å². The Kier molecular flexibility index (Phi) is 8.69. The van der Waals surface area contributed by atoms with Crippen LogP contribution in [0.1, 0.15) is 50.6 Å². The molecule has 1 aromatic heterocycles. The van der Waals surface area contributed by atoms with Gasteiger partial charge in [-0.2, -0.15) is 0 Å². The molecule has 9 heteroatoms. The van der Waals surface area contributed by atoms with Crippen LogP contribution < -0.4 is 0 Å². The summed E-state index contributed by atoms with van der Waals surface area (Å²) in [5.74, 6) is -2.16. The van der Waals surface area contributed by atoms with E-state index in [0.29, 0.717) is 22.3 Å². The number of aliphatic hydroxyl groups is 4. The summed E-state index contributed by atoms with van der Waals surface area (Å²) in [6, 6.07) is 28.5. The first-order chi connectivity index (χ1) is 22.1. The van der Waals surface area contributed by atoms with Crippen molar-refractivity contribution in [2.24, 2.45) is 0 Å². The van der Waals surface area contributed by atoms with Crippen LogP contribution in [-0.4, -0.2) is 66.6 Å². The molecule has 5 aromatic rings. The number of hydrogen-bond acceptors (Lipinski definition) is 7. The summed E-state index contributed by atoms with van der Waals surface area (Å²) >= 11 is 6.76. The first kappa shape index (κ1) is 31.8. The fraction of sp³-hybridized carbons (Fsp3) is 0.243. The number of fused-ring (bicyclic) bond motifs is 1. The molecule has 8 nitrogen and oxygen atoms in total. The standard InChI is InChI=1S/C37H34ClNO7/c1-2-23-16-18-24(19-17-23)20-27-21-39(29-15-9-14-28(38)31(27)29)35-37(45,33(42)26-12-7-4-8-13-26)36(44,34(43)30(22-40)46-35)32(41)25-10-5-3-6-11-25/h3-19,21,30,34-35,40,43-45H,2,20,22H2,1H3/t30-,34+,35-,36+,37+/m1/s1. The normalized spacial score (nSPS) is 24.6. The van der Waals surface area contributed by atoms with Crippen LogP contribution in [0.2, 0.25) is 5.02 Å². The van der Waals surface area contributed by atoms with Crippen molar-refractivity contribution in [2.45, 2.75) is 49.4 Å². The number of halogens is 1. The summed E-state index contributed by atoms with van der Waals surface area (Å²) in [4.78, 5) is 28.8. The third kappa shape index (κ3) is 5.08. The van der Waals surface area contributed by atoms with E-state index in [9.17, 15) is 30.0 Å². The van der Waals surface area contributed by atoms with Crippen molar-refractivity contribution in [1.29, 1.82) is 0 Å². The molecule has 1 aliphatic rings. The Labute approximate surface area is 271 Å². The number of aliphatic hydroxyl groups excluding tert-OH is 2. The van der Waals surface area contributed by atoms with Crippen molar-refractivity contribution in [3.8, 4) is 0 Å². The zero-order chi connectivity index (χ0) is 32.6. The molecule has 46 heavy (non-hydrogen) atoms. The lowest BCUT2D eigenvalue weighted by Crippen LogP contribution is -2.78. The van der Waals surface area contributed by atoms with Crippen LogP contribution in [0.25, 0.3) is 10.9 Å². The lowest BCUT2D eigenvalue weighted by Gasteiger charge is -2.53. The predicted molar refractivity (Wildman–Crippen MR) is 174 cm³/mol. The van der Waals surface area contributed by atoms with Crippen LogP contribution in [0.3, 0.4) is 0 Å². The van der Waals surface area contributed by atoms with E-state index in [1.165, 1.54) is 34.4 Å². The Bertz CT molecular complexity index is 1880. The van der Waals surface area contributed by atoms with Gasteiger partial charge in [0, 0.05) is 22.7 Å². The van der Waals surface area contributed by atoms with Gasteiger partial charge in [-0.1, -0.05) is 110 Å². The molecule has 4 aromatic carbocycles. The van der Waals surface area contributed by atoms with Gasteiger partial charge in [-0.05, 0) is 41.7 Å². The Morgan fingerprint density at radius 2 is 1.37 bits per heavy atom. The van der Waals surface area contributed by atoms with Crippen molar-refractivity contribution in [1.82, 2.24) is 4.57 Å². The number of carbonyl (C=O) groups is 2. The highest BCUT2D eigenvalue weighted by Crippen LogP contribution is 2.49. The van der Waals surface area contributed by atoms with E-state index in [1.54, 1.807) is 60.8 Å². The van der Waals surface area contributed by atoms with E-state index in [4.69, 9.17) is 16.3 Å². The molecular weight excluding hydrogens is 606 g/mol. The molecule has 0 spiro atoms. The third-order valence-corrected chi connectivity index (χ3v) is 9.25. The number of ketones is 2. The van der Waals surface area contributed by atoms with E-state index in [0.717, 1.165) is 17.5 Å². The number of benzene rings is 4. The SMILES string of the molecule is CCc1ccc(Cc2cn([C@@H]3O[C@H](CO)[C@H](O)[C@@](O)(C(=O)c4ccccc4)[C@]3(O)C(=O)c3ccccc3)c3cccc(Cl)c23)cc1. The van der Waals surface area contributed by atoms with Gasteiger partial charge in [0.2, 0.25) is 17.2 Å². The number of nitrogens with zero attached hydrogens (tertiary/aromatic N) is 1. The zero-order valence-electron chi connectivity index (χ0n) is 25.1. The first-order valence-corrected chi connectivity index (χ1v) is 15.5. The molecule has 0 saturated carbocycles. The van der Waals surface area contributed by atoms with Gasteiger partial charge in [0.1, 0.15) is 12.2 Å². The van der Waals surface area contributed by atoms with Crippen molar-refractivity contribution >= 4 is 34.1 Å². The molecule has 0 radical (unpaired) electrons. The molecule has 1 aliphatic heterocycles. The lowest BCUT2D eigenvalue weighted by molar-refractivity contribution is -0.300. The molecule has 6 rings (SSSR count). The summed E-state index contributed by atoms with van der Waals surface area (Å²) in [5.41, 5.74) is -3.01. The molecule has 4 N–H and O–H groups in total. The predicted octanol–water partition coefficient (Wildman–Crippen LogP) is 4.93. The average Bonchev–Trinajstić information content (AvgIpc) is 3.46. The number of Topliss-reactive ketones (excluding diaryl/α,β-unsaturated/α-hetero) is 2. The molecule has 1 fully saturated rings. The van der Waals surface area contributed by atoms with Crippen molar-refractivity contribution in [2.75, 3.05) is 6.61 Å². The second kappa shape index (κ2) is 12.6. The van der Waals surface area contributed by atoms with Gasteiger partial charge in [0.25, 0.3) is 0 Å². The van der Waals surface area contributed by atoms with Crippen LogP contribution in [0.15, 0.2) is 109 Å². The number of ether oxygens (including phenoxy) is 1. The smallest absolute Gasteiger partial charge is 0.212 e. The Morgan fingerprint density at radius 3 is 1.93 bits per heavy atom. The van der Waals surface area contributed by atoms with Crippen LogP contribution >= 0.6 is 11.6 Å². The van der Waals surface area contributed by atoms with E-state index in [2.05, 4.69) is 6.92 Å². The molecule has 0 aliphatic carbocycles. The monoisotopic (exact) mass is 639 g/mol. The van der Waals surface area contributed by atoms with E-state index in [1.807, 2.05) is 24.3 Å². The van der Waals surface area contributed by atoms with Crippen LogP contribution in [-0.2, 0) is 17.6 Å². The van der Waals surface area contributed by atoms with Crippen LogP contribution in [0, 0.1) is 0 Å². The van der Waals surface area contributed by atoms with Gasteiger partial charge in [0.05, 0.1) is 17.1 Å². The Morgan fingerprint density at radius 1 is 0.804 bits per heavy atom. The van der Waals surface area contributed by atoms with E-state index >= 15 is 0 Å². The first-order valence-electron chi connectivity index (χ1n) is 15.1. The minimum atomic E-state index is -3.16. The fourth-order valence-electron chi connectivity index (χ4n) is 6.43. The highest BCUT2D eigenvalue weighted by atomic mass is 35.5. The van der Waals surface area contributed by atoms with E-state index in [-0.39, 0.29) is 11.1 Å². The highest BCUT2D eigenvalue weighted by Gasteiger charge is 2.72. The number of carbonyl (C=O) groups excluding carboxylic acids is 2. The van der Waals surface area contributed by atoms with Crippen molar-refractivity contribution < 1.29 is 34.8 Å². The zero-order valence-corrected chi connectivity index (χ0v) is 25.8. The summed E-state index contributed by atoms with van der Waals surface area (Å²) in [6.45, 7) is 1.25. The summed E-state index contributed by atoms with van der Waals surface area (Å²) < 4.78 is 7.61. The van der Waals surface area contributed by atoms with E-state index < -0.39 is 47.8 Å². The number of hydrogen-bond donors (Lipinski definition) is 4. The number of aromatic nitrogens is 1. The summed E-state index contributed by atoms with van der Waals surface area (Å²) in [6.07, 6.45) is -2.57. The van der Waals surface area contributed by atoms with Gasteiger partial charge in [-0.25, -0.2) is 0 Å². The van der Waals surface area contributed by atoms with Crippen LogP contribution in [0.5, 0.6) is 0 Å². The second-order valence-electron chi connectivity index (χ2n) is 11.6. The summed E-state index contributed by atoms with van der Waals surface area (Å²) in [5, 5.41) is 48.1. The minimum absolute atomic E-state index is 0.0294. The largest absolute Gasteiger partial charge is 0.394 e. The van der Waals surface area contributed by atoms with Gasteiger partial charge in [-0.3, -0.25) is 9.59 Å². The third-order valence-electron chi connectivity index (χ3n) is 8.93. The lowest BCUT2D eigenvalue weighted by atomic mass is 9.66. The average molecular weight is 640 g/mol. The maximum atomic E-state index is 14.5. The maximum absolute atomic E-state index is 14.5. The topological polar surface area (TPSA) is 129 Å². The molecule has 0 unspecified atom stereocenters. The number of aryl methyl sites for hydroxylation is 1. The molecule has 1 saturated heterocycles. The fourth-order valence-corrected chi connectivity index (χ4v) is 6.72. The van der Waals surface area contributed by atoms with Gasteiger partial charge in [-0.15, -0.1) is 0 Å². The van der Waals surface area contributed by atoms with Crippen LogP contribution in [0.4, 0.5) is 0 Å². The molecule has 2 heterocycles. The van der Waals surface area contributed by atoms with Gasteiger partial charge in [0.15, 0.2) is 11.8 Å². The van der Waals surface area contributed by atoms with Gasteiger partial charge >= 0.3 is 0 Å². The molecule has 0 amide bonds. The quantitative estimate of drug-likeness (QED) is 0.168. The van der Waals surface area contributed by atoms with Crippen molar-refractivity contribution in [3.05, 3.63) is 142 Å². The Balaban J connectivity index is 1.60. The molecular formula is C37H34ClNO7. The van der Waals surface area contributed by atoms with Gasteiger partial charge < -0.3 is 29.7 Å².